The Morgan fingerprint density at radius 3 is 2.80 bits per heavy atom. The summed E-state index contributed by atoms with van der Waals surface area (Å²) in [7, 11) is 0. The fourth-order valence-corrected chi connectivity index (χ4v) is 1.90. The number of halogens is 2. The summed E-state index contributed by atoms with van der Waals surface area (Å²) in [6, 6.07) is 7.26. The van der Waals surface area contributed by atoms with Gasteiger partial charge >= 0.3 is 0 Å². The van der Waals surface area contributed by atoms with Crippen LogP contribution in [0.2, 0.25) is 0 Å². The average molecular weight is 213 g/mol. The lowest BCUT2D eigenvalue weighted by Gasteiger charge is -2.32. The second-order valence-corrected chi connectivity index (χ2v) is 3.72. The van der Waals surface area contributed by atoms with E-state index in [9.17, 15) is 8.78 Å². The maximum absolute atomic E-state index is 12.7. The second kappa shape index (κ2) is 4.14. The first-order valence-corrected chi connectivity index (χ1v) is 4.95. The van der Waals surface area contributed by atoms with E-state index in [4.69, 9.17) is 10.5 Å². The van der Waals surface area contributed by atoms with Crippen molar-refractivity contribution >= 4 is 0 Å². The minimum atomic E-state index is -2.48. The molecule has 0 saturated carbocycles. The van der Waals surface area contributed by atoms with Gasteiger partial charge in [0.2, 0.25) is 0 Å². The average Bonchev–Trinajstić information content (AvgIpc) is 2.27. The van der Waals surface area contributed by atoms with Crippen LogP contribution in [0.4, 0.5) is 8.78 Å². The number of hydrogen-bond acceptors (Lipinski definition) is 2. The van der Waals surface area contributed by atoms with Gasteiger partial charge in [-0.3, -0.25) is 0 Å². The van der Waals surface area contributed by atoms with Gasteiger partial charge in [-0.1, -0.05) is 18.2 Å². The molecule has 1 aromatic carbocycles. The number of fused-ring (bicyclic) bond motifs is 1. The van der Waals surface area contributed by atoms with Crippen LogP contribution in [-0.4, -0.2) is 19.1 Å². The molecule has 0 bridgehead atoms. The molecule has 1 heterocycles. The van der Waals surface area contributed by atoms with Gasteiger partial charge in [0.05, 0.1) is 0 Å². The summed E-state index contributed by atoms with van der Waals surface area (Å²) in [6.45, 7) is 0.226. The largest absolute Gasteiger partial charge is 0.484 e. The van der Waals surface area contributed by atoms with Gasteiger partial charge in [0, 0.05) is 5.92 Å². The lowest BCUT2D eigenvalue weighted by molar-refractivity contribution is -0.0286. The summed E-state index contributed by atoms with van der Waals surface area (Å²) >= 11 is 0. The number of rotatable bonds is 2. The fourth-order valence-electron chi connectivity index (χ4n) is 1.90. The van der Waals surface area contributed by atoms with E-state index < -0.39 is 12.5 Å². The Morgan fingerprint density at radius 2 is 2.13 bits per heavy atom. The Morgan fingerprint density at radius 1 is 1.40 bits per heavy atom. The molecule has 1 aliphatic heterocycles. The third kappa shape index (κ3) is 1.95. The zero-order valence-corrected chi connectivity index (χ0v) is 8.20. The summed E-state index contributed by atoms with van der Waals surface area (Å²) < 4.78 is 30.6. The van der Waals surface area contributed by atoms with E-state index in [1.807, 2.05) is 12.1 Å². The zero-order chi connectivity index (χ0) is 10.8. The molecule has 0 aromatic heterocycles. The number of nitrogens with two attached hydrogens (primary N) is 1. The highest BCUT2D eigenvalue weighted by atomic mass is 19.3. The van der Waals surface area contributed by atoms with Crippen LogP contribution in [0.3, 0.4) is 0 Å². The standard InChI is InChI=1S/C11H13F2NO/c12-11(13)10-8(6-14)5-7-3-1-2-4-9(7)15-10/h1-4,8,10-11H,5-6,14H2. The van der Waals surface area contributed by atoms with Crippen LogP contribution < -0.4 is 10.5 Å². The summed E-state index contributed by atoms with van der Waals surface area (Å²) in [5, 5.41) is 0. The van der Waals surface area contributed by atoms with E-state index in [0.29, 0.717) is 12.2 Å². The quantitative estimate of drug-likeness (QED) is 0.813. The van der Waals surface area contributed by atoms with Crippen molar-refractivity contribution in [3.63, 3.8) is 0 Å². The van der Waals surface area contributed by atoms with Crippen molar-refractivity contribution in [1.82, 2.24) is 0 Å². The molecule has 2 N–H and O–H groups in total. The summed E-state index contributed by atoms with van der Waals surface area (Å²) in [5.41, 5.74) is 6.44. The number of benzene rings is 1. The molecule has 1 aromatic rings. The Balaban J connectivity index is 2.26. The Kier molecular flexibility index (Phi) is 2.86. The smallest absolute Gasteiger partial charge is 0.275 e. The van der Waals surface area contributed by atoms with Crippen LogP contribution in [-0.2, 0) is 6.42 Å². The molecule has 2 atom stereocenters. The predicted molar refractivity (Wildman–Crippen MR) is 53.1 cm³/mol. The molecule has 4 heteroatoms. The molecule has 2 nitrogen and oxygen atoms in total. The predicted octanol–water partition coefficient (Wildman–Crippen LogP) is 1.83. The van der Waals surface area contributed by atoms with Crippen LogP contribution in [0.1, 0.15) is 5.56 Å². The molecule has 15 heavy (non-hydrogen) atoms. The van der Waals surface area contributed by atoms with E-state index in [1.165, 1.54) is 0 Å². The van der Waals surface area contributed by atoms with Crippen molar-refractivity contribution in [2.24, 2.45) is 11.7 Å². The van der Waals surface area contributed by atoms with Crippen molar-refractivity contribution < 1.29 is 13.5 Å². The zero-order valence-electron chi connectivity index (χ0n) is 8.20. The van der Waals surface area contributed by atoms with E-state index in [2.05, 4.69) is 0 Å². The topological polar surface area (TPSA) is 35.2 Å². The summed E-state index contributed by atoms with van der Waals surface area (Å²) in [4.78, 5) is 0. The van der Waals surface area contributed by atoms with E-state index in [0.717, 1.165) is 5.56 Å². The molecule has 0 amide bonds. The highest BCUT2D eigenvalue weighted by molar-refractivity contribution is 5.35. The highest BCUT2D eigenvalue weighted by Crippen LogP contribution is 2.32. The Bertz CT molecular complexity index is 343. The molecule has 0 fully saturated rings. The molecule has 1 aliphatic rings. The third-order valence-corrected chi connectivity index (χ3v) is 2.73. The van der Waals surface area contributed by atoms with Gasteiger partial charge in [0.15, 0.2) is 6.10 Å². The summed E-state index contributed by atoms with van der Waals surface area (Å²) in [6.07, 6.45) is -2.97. The molecular weight excluding hydrogens is 200 g/mol. The first-order valence-electron chi connectivity index (χ1n) is 4.95. The van der Waals surface area contributed by atoms with E-state index in [1.54, 1.807) is 12.1 Å². The molecule has 82 valence electrons. The number of para-hydroxylation sites is 1. The first kappa shape index (κ1) is 10.4. The van der Waals surface area contributed by atoms with Gasteiger partial charge in [-0.15, -0.1) is 0 Å². The van der Waals surface area contributed by atoms with Crippen molar-refractivity contribution in [2.45, 2.75) is 19.0 Å². The van der Waals surface area contributed by atoms with Gasteiger partial charge in [-0.2, -0.15) is 0 Å². The van der Waals surface area contributed by atoms with Crippen molar-refractivity contribution in [3.8, 4) is 5.75 Å². The van der Waals surface area contributed by atoms with Crippen LogP contribution in [0.15, 0.2) is 24.3 Å². The SMILES string of the molecule is NCC1Cc2ccccc2OC1C(F)F. The van der Waals surface area contributed by atoms with Crippen molar-refractivity contribution in [3.05, 3.63) is 29.8 Å². The van der Waals surface area contributed by atoms with Crippen LogP contribution >= 0.6 is 0 Å². The maximum atomic E-state index is 12.7. The van der Waals surface area contributed by atoms with Crippen molar-refractivity contribution in [1.29, 1.82) is 0 Å². The van der Waals surface area contributed by atoms with E-state index >= 15 is 0 Å². The minimum Gasteiger partial charge on any atom is -0.484 e. The number of hydrogen-bond donors (Lipinski definition) is 1. The van der Waals surface area contributed by atoms with Gasteiger partial charge in [-0.25, -0.2) is 8.78 Å². The summed E-state index contributed by atoms with van der Waals surface area (Å²) in [5.74, 6) is 0.271. The Hall–Kier alpha value is -1.16. The van der Waals surface area contributed by atoms with Crippen LogP contribution in [0.5, 0.6) is 5.75 Å². The van der Waals surface area contributed by atoms with Crippen LogP contribution in [0.25, 0.3) is 0 Å². The maximum Gasteiger partial charge on any atom is 0.275 e. The molecule has 2 unspecified atom stereocenters. The monoisotopic (exact) mass is 213 g/mol. The van der Waals surface area contributed by atoms with Gasteiger partial charge in [0.25, 0.3) is 6.43 Å². The van der Waals surface area contributed by atoms with Gasteiger partial charge in [0.1, 0.15) is 5.75 Å². The third-order valence-electron chi connectivity index (χ3n) is 2.73. The molecule has 0 spiro atoms. The van der Waals surface area contributed by atoms with E-state index in [-0.39, 0.29) is 12.5 Å². The van der Waals surface area contributed by atoms with Gasteiger partial charge < -0.3 is 10.5 Å². The van der Waals surface area contributed by atoms with Crippen molar-refractivity contribution in [2.75, 3.05) is 6.54 Å². The van der Waals surface area contributed by atoms with Crippen LogP contribution in [0, 0.1) is 5.92 Å². The second-order valence-electron chi connectivity index (χ2n) is 3.72. The van der Waals surface area contributed by atoms with Gasteiger partial charge in [-0.05, 0) is 24.6 Å². The fraction of sp³-hybridized carbons (Fsp3) is 0.455. The number of alkyl halides is 2. The molecular formula is C11H13F2NO. The normalized spacial score (nSPS) is 24.8. The molecule has 0 aliphatic carbocycles. The molecule has 0 radical (unpaired) electrons. The highest BCUT2D eigenvalue weighted by Gasteiger charge is 2.35. The lowest BCUT2D eigenvalue weighted by atomic mass is 9.91. The molecule has 0 saturated heterocycles. The molecule has 2 rings (SSSR count). The number of ether oxygens (including phenoxy) is 1. The lowest BCUT2D eigenvalue weighted by Crippen LogP contribution is -2.42. The Labute approximate surface area is 87.0 Å². The first-order chi connectivity index (χ1) is 7.22. The minimum absolute atomic E-state index is 0.226.